The number of anilines is 1. The van der Waals surface area contributed by atoms with Crippen LogP contribution in [-0.4, -0.2) is 92.5 Å². The normalized spacial score (nSPS) is 33.1. The Hall–Kier alpha value is -3.58. The van der Waals surface area contributed by atoms with Crippen molar-refractivity contribution in [1.82, 2.24) is 9.62 Å². The van der Waals surface area contributed by atoms with Crippen LogP contribution >= 0.6 is 0 Å². The third kappa shape index (κ3) is 6.51. The molecule has 12 heteroatoms. The van der Waals surface area contributed by atoms with E-state index in [0.717, 1.165) is 49.9 Å². The van der Waals surface area contributed by atoms with Crippen molar-refractivity contribution in [3.63, 3.8) is 0 Å². The van der Waals surface area contributed by atoms with Gasteiger partial charge in [0.2, 0.25) is 0 Å². The first-order chi connectivity index (χ1) is 23.9. The number of likely N-dealkylation sites (tertiary alicyclic amines) is 1. The Kier molecular flexibility index (Phi) is 9.42. The molecule has 1 aromatic carbocycles. The van der Waals surface area contributed by atoms with Crippen molar-refractivity contribution in [2.24, 2.45) is 21.6 Å². The molecule has 1 spiro atoms. The number of carbonyl (C=O) groups excluding carboxylic acids is 2. The maximum absolute atomic E-state index is 15.0. The summed E-state index contributed by atoms with van der Waals surface area (Å²) in [5.74, 6) is 1.85. The standard InChI is InChI=1S/C38H49N4O7S/c1-25-10-14-31-26(18-25)8-6-16-38(31)23-42-20-27-11-13-30(27)33(47-5)9-7-17-49-37(2,3)35(43)39-50(45,40-36(44)41-21-28(22-41)46-4)29-12-15-34(48-24-38)32(42)19-29/h7,9-10,12,14-15,18-19,27-28,30,33H,1,6,8,11,13,16-17,20-24H2,2-5H3,(H,39,40,43,44,45)/q-1/b9-7+/t27-,30+,33?,38-,50?/m0/s1. The highest BCUT2D eigenvalue weighted by atomic mass is 32.2. The lowest BCUT2D eigenvalue weighted by Crippen LogP contribution is -2.58. The summed E-state index contributed by atoms with van der Waals surface area (Å²) in [6, 6.07) is 4.68. The molecule has 3 aliphatic carbocycles. The molecule has 0 radical (unpaired) electrons. The van der Waals surface area contributed by atoms with E-state index in [0.29, 0.717) is 43.8 Å². The first-order valence-corrected chi connectivity index (χ1v) is 19.2. The van der Waals surface area contributed by atoms with Crippen LogP contribution in [0.4, 0.5) is 10.5 Å². The van der Waals surface area contributed by atoms with E-state index >= 15 is 0 Å². The van der Waals surface area contributed by atoms with Gasteiger partial charge in [0.15, 0.2) is 9.92 Å². The van der Waals surface area contributed by atoms with E-state index in [4.69, 9.17) is 18.9 Å². The van der Waals surface area contributed by atoms with Crippen LogP contribution in [-0.2, 0) is 28.9 Å². The second-order valence-electron chi connectivity index (χ2n) is 15.0. The number of urea groups is 1. The first-order valence-electron chi connectivity index (χ1n) is 17.7. The Labute approximate surface area is 296 Å². The minimum atomic E-state index is -3.82. The molecule has 2 unspecified atom stereocenters. The number of amides is 3. The predicted molar refractivity (Wildman–Crippen MR) is 191 cm³/mol. The number of nitrogens with zero attached hydrogens (tertiary/aromatic N) is 3. The minimum Gasteiger partial charge on any atom is -0.491 e. The van der Waals surface area contributed by atoms with Crippen LogP contribution in [0.5, 0.6) is 5.75 Å². The Morgan fingerprint density at radius 2 is 2.00 bits per heavy atom. The predicted octanol–water partition coefficient (Wildman–Crippen LogP) is 5.40. The van der Waals surface area contributed by atoms with Gasteiger partial charge in [-0.25, -0.2) is 13.7 Å². The highest BCUT2D eigenvalue weighted by molar-refractivity contribution is 7.92. The molecular weight excluding hydrogens is 657 g/mol. The molecule has 5 atom stereocenters. The molecule has 0 aromatic heterocycles. The average Bonchev–Trinajstić information content (AvgIpc) is 3.20. The van der Waals surface area contributed by atoms with E-state index in [2.05, 4.69) is 38.8 Å². The molecule has 2 saturated carbocycles. The summed E-state index contributed by atoms with van der Waals surface area (Å²) in [5, 5.41) is 0. The number of nitrogens with one attached hydrogen (secondary N) is 1. The van der Waals surface area contributed by atoms with Crippen molar-refractivity contribution >= 4 is 27.5 Å². The lowest BCUT2D eigenvalue weighted by Gasteiger charge is -2.52. The van der Waals surface area contributed by atoms with Gasteiger partial charge < -0.3 is 28.7 Å². The summed E-state index contributed by atoms with van der Waals surface area (Å²) in [6.45, 7) is 10.1. The summed E-state index contributed by atoms with van der Waals surface area (Å²) < 4.78 is 45.9. The van der Waals surface area contributed by atoms with Gasteiger partial charge in [-0.2, -0.15) is 23.8 Å². The number of methoxy groups -OCH3 is 2. The van der Waals surface area contributed by atoms with Gasteiger partial charge >= 0.3 is 6.03 Å². The fraction of sp³-hybridized carbons (Fsp3) is 0.553. The maximum Gasteiger partial charge on any atom is 0.330 e. The molecule has 3 fully saturated rings. The molecule has 1 saturated heterocycles. The molecule has 3 aliphatic heterocycles. The molecule has 3 heterocycles. The van der Waals surface area contributed by atoms with Crippen molar-refractivity contribution in [1.29, 1.82) is 0 Å². The van der Waals surface area contributed by atoms with Crippen LogP contribution in [0, 0.1) is 23.2 Å². The molecule has 3 amide bonds. The molecule has 7 rings (SSSR count). The topological polar surface area (TPSA) is 119 Å². The fourth-order valence-corrected chi connectivity index (χ4v) is 9.70. The number of ether oxygens (including phenoxy) is 4. The Balaban J connectivity index is 1.33. The number of benzene rings is 1. The number of carbonyl (C=O) groups is 2. The van der Waals surface area contributed by atoms with Crippen molar-refractivity contribution < 1.29 is 32.7 Å². The summed E-state index contributed by atoms with van der Waals surface area (Å²) >= 11 is 0. The zero-order valence-corrected chi connectivity index (χ0v) is 30.3. The Bertz CT molecular complexity index is 1750. The molecular formula is C38H49N4O7S-. The van der Waals surface area contributed by atoms with Gasteiger partial charge in [-0.05, 0) is 63.1 Å². The number of rotatable bonds is 3. The van der Waals surface area contributed by atoms with Gasteiger partial charge in [0.25, 0.3) is 5.91 Å². The lowest BCUT2D eigenvalue weighted by atomic mass is 9.62. The smallest absolute Gasteiger partial charge is 0.330 e. The number of fused-ring (bicyclic) bond motifs is 4. The average molecular weight is 706 g/mol. The van der Waals surface area contributed by atoms with Crippen LogP contribution in [0.15, 0.2) is 75.6 Å². The van der Waals surface area contributed by atoms with Crippen LogP contribution in [0.1, 0.15) is 46.0 Å². The quantitative estimate of drug-likeness (QED) is 0.328. The number of hydrogen-bond acceptors (Lipinski definition) is 8. The van der Waals surface area contributed by atoms with Crippen LogP contribution in [0.3, 0.4) is 0 Å². The Morgan fingerprint density at radius 3 is 2.74 bits per heavy atom. The summed E-state index contributed by atoms with van der Waals surface area (Å²) in [4.78, 5) is 31.3. The molecule has 270 valence electrons. The van der Waals surface area contributed by atoms with E-state index in [1.807, 2.05) is 12.2 Å². The van der Waals surface area contributed by atoms with Crippen LogP contribution < -0.4 is 14.4 Å². The van der Waals surface area contributed by atoms with Crippen LogP contribution in [0.2, 0.25) is 0 Å². The van der Waals surface area contributed by atoms with Gasteiger partial charge in [-0.15, -0.1) is 22.4 Å². The molecule has 1 N–H and O–H groups in total. The number of hydrogen-bond donors (Lipinski definition) is 1. The van der Waals surface area contributed by atoms with Crippen molar-refractivity contribution in [3.8, 4) is 5.75 Å². The minimum absolute atomic E-state index is 0.0991. The van der Waals surface area contributed by atoms with E-state index in [9.17, 15) is 13.8 Å². The summed E-state index contributed by atoms with van der Waals surface area (Å²) in [7, 11) is -0.490. The first kappa shape index (κ1) is 34.9. The highest BCUT2D eigenvalue weighted by Crippen LogP contribution is 2.53. The van der Waals surface area contributed by atoms with Crippen molar-refractivity contribution in [2.45, 2.75) is 68.7 Å². The zero-order valence-electron chi connectivity index (χ0n) is 29.5. The van der Waals surface area contributed by atoms with Gasteiger partial charge in [-0.3, -0.25) is 4.79 Å². The van der Waals surface area contributed by atoms with Gasteiger partial charge in [0.1, 0.15) is 11.4 Å². The largest absolute Gasteiger partial charge is 0.491 e. The molecule has 2 bridgehead atoms. The third-order valence-corrected chi connectivity index (χ3v) is 13.1. The van der Waals surface area contributed by atoms with Crippen LogP contribution in [0.25, 0.3) is 0 Å². The maximum atomic E-state index is 15.0. The van der Waals surface area contributed by atoms with Gasteiger partial charge in [0, 0.05) is 32.7 Å². The molecule has 1 aromatic rings. The molecule has 6 aliphatic rings. The number of allylic oxidation sites excluding steroid dienone is 5. The lowest BCUT2D eigenvalue weighted by molar-refractivity contribution is -0.137. The third-order valence-electron chi connectivity index (χ3n) is 11.3. The second kappa shape index (κ2) is 13.5. The van der Waals surface area contributed by atoms with E-state index < -0.39 is 27.5 Å². The van der Waals surface area contributed by atoms with E-state index in [1.54, 1.807) is 46.3 Å². The van der Waals surface area contributed by atoms with E-state index in [1.165, 1.54) is 16.4 Å². The van der Waals surface area contributed by atoms with E-state index in [-0.39, 0.29) is 29.1 Å². The van der Waals surface area contributed by atoms with Gasteiger partial charge in [0.05, 0.1) is 49.1 Å². The van der Waals surface area contributed by atoms with Crippen molar-refractivity contribution in [2.75, 3.05) is 58.5 Å². The zero-order chi connectivity index (χ0) is 35.3. The monoisotopic (exact) mass is 705 g/mol. The SMILES string of the molecule is C=C1C=C[C-]2C(=C1)CCC[C@]21COc2ccc3cc2N(C[C@@H]2CC[C@H]2C(OC)/C=C/COC(C)(C)C(=O)N=S3(=O)NC(=O)N2CC(OC)C2)C1. The fourth-order valence-electron chi connectivity index (χ4n) is 8.09. The Morgan fingerprint density at radius 1 is 1.18 bits per heavy atom. The van der Waals surface area contributed by atoms with Crippen molar-refractivity contribution in [3.05, 3.63) is 72.2 Å². The summed E-state index contributed by atoms with van der Waals surface area (Å²) in [5.41, 5.74) is 1.40. The highest BCUT2D eigenvalue weighted by Gasteiger charge is 2.45. The van der Waals surface area contributed by atoms with Gasteiger partial charge in [-0.1, -0.05) is 25.0 Å². The second-order valence-corrected chi connectivity index (χ2v) is 16.9. The molecule has 50 heavy (non-hydrogen) atoms. The molecule has 11 nitrogen and oxygen atoms in total. The summed E-state index contributed by atoms with van der Waals surface area (Å²) in [6.07, 6.45) is 15.3.